The number of nitrogens with one attached hydrogen (secondary N) is 3. The highest BCUT2D eigenvalue weighted by Gasteiger charge is 2.15. The number of anilines is 2. The third kappa shape index (κ3) is 2.83. The van der Waals surface area contributed by atoms with Gasteiger partial charge in [0.15, 0.2) is 5.13 Å². The van der Waals surface area contributed by atoms with Crippen LogP contribution in [0, 0.1) is 0 Å². The zero-order valence-electron chi connectivity index (χ0n) is 8.96. The quantitative estimate of drug-likeness (QED) is 0.556. The van der Waals surface area contributed by atoms with Crippen LogP contribution in [-0.4, -0.2) is 37.4 Å². The van der Waals surface area contributed by atoms with Gasteiger partial charge in [-0.25, -0.2) is 4.98 Å². The van der Waals surface area contributed by atoms with Crippen molar-refractivity contribution in [2.45, 2.75) is 0 Å². The second-order valence-corrected chi connectivity index (χ2v) is 3.84. The predicted octanol–water partition coefficient (Wildman–Crippen LogP) is -0.757. The molecule has 0 saturated heterocycles. The molecular weight excluding hydrogens is 230 g/mol. The molecule has 5 N–H and O–H groups in total. The first-order valence-corrected chi connectivity index (χ1v) is 5.33. The van der Waals surface area contributed by atoms with Gasteiger partial charge in [-0.3, -0.25) is 9.59 Å². The smallest absolute Gasteiger partial charge is 0.265 e. The lowest BCUT2D eigenvalue weighted by atomic mass is 10.4. The van der Waals surface area contributed by atoms with Crippen molar-refractivity contribution in [3.05, 3.63) is 4.88 Å². The van der Waals surface area contributed by atoms with Gasteiger partial charge >= 0.3 is 0 Å². The Morgan fingerprint density at radius 1 is 1.44 bits per heavy atom. The summed E-state index contributed by atoms with van der Waals surface area (Å²) in [5.74, 6) is -0.519. The second kappa shape index (κ2) is 5.31. The number of aromatic nitrogens is 1. The van der Waals surface area contributed by atoms with Gasteiger partial charge in [-0.05, 0) is 0 Å². The SMILES string of the molecule is CNC(=O)CNC(=O)c1sc(NC)nc1N. The molecule has 1 aromatic rings. The molecule has 0 radical (unpaired) electrons. The summed E-state index contributed by atoms with van der Waals surface area (Å²) in [6.07, 6.45) is 0. The Morgan fingerprint density at radius 2 is 2.12 bits per heavy atom. The number of hydrogen-bond donors (Lipinski definition) is 4. The number of amides is 2. The van der Waals surface area contributed by atoms with Crippen molar-refractivity contribution in [2.75, 3.05) is 31.7 Å². The summed E-state index contributed by atoms with van der Waals surface area (Å²) in [7, 11) is 3.18. The monoisotopic (exact) mass is 243 g/mol. The minimum absolute atomic E-state index is 0.0818. The summed E-state index contributed by atoms with van der Waals surface area (Å²) in [4.78, 5) is 26.7. The molecule has 0 spiro atoms. The maximum atomic E-state index is 11.6. The van der Waals surface area contributed by atoms with E-state index < -0.39 is 5.91 Å². The first kappa shape index (κ1) is 12.2. The molecule has 1 aromatic heterocycles. The van der Waals surface area contributed by atoms with Gasteiger partial charge in [-0.15, -0.1) is 0 Å². The molecule has 0 aromatic carbocycles. The number of likely N-dealkylation sites (N-methyl/N-ethyl adjacent to an activating group) is 1. The van der Waals surface area contributed by atoms with Crippen LogP contribution < -0.4 is 21.7 Å². The second-order valence-electron chi connectivity index (χ2n) is 2.84. The molecule has 1 heterocycles. The first-order chi connectivity index (χ1) is 7.58. The standard InChI is InChI=1S/C8H13N5O2S/c1-10-4(14)3-12-7(15)5-6(9)13-8(11-2)16-5/h3,9H2,1-2H3,(H,10,14)(H,11,13)(H,12,15). The van der Waals surface area contributed by atoms with E-state index in [4.69, 9.17) is 5.73 Å². The Bertz CT molecular complexity index is 403. The van der Waals surface area contributed by atoms with E-state index in [1.807, 2.05) is 0 Å². The molecule has 7 nitrogen and oxygen atoms in total. The summed E-state index contributed by atoms with van der Waals surface area (Å²) in [5, 5.41) is 8.18. The Balaban J connectivity index is 2.65. The van der Waals surface area contributed by atoms with Gasteiger partial charge < -0.3 is 21.7 Å². The molecule has 0 unspecified atom stereocenters. The summed E-state index contributed by atoms with van der Waals surface area (Å²) in [6, 6.07) is 0. The zero-order chi connectivity index (χ0) is 12.1. The van der Waals surface area contributed by atoms with Gasteiger partial charge in [-0.2, -0.15) is 0 Å². The maximum Gasteiger partial charge on any atom is 0.265 e. The number of thiazole rings is 1. The average Bonchev–Trinajstić information content (AvgIpc) is 2.67. The summed E-state index contributed by atoms with van der Waals surface area (Å²) >= 11 is 1.14. The Morgan fingerprint density at radius 3 is 2.62 bits per heavy atom. The molecule has 0 atom stereocenters. The molecular formula is C8H13N5O2S. The van der Waals surface area contributed by atoms with E-state index in [-0.39, 0.29) is 18.3 Å². The fourth-order valence-corrected chi connectivity index (χ4v) is 1.69. The van der Waals surface area contributed by atoms with Crippen LogP contribution >= 0.6 is 11.3 Å². The molecule has 0 aliphatic heterocycles. The van der Waals surface area contributed by atoms with E-state index in [9.17, 15) is 9.59 Å². The van der Waals surface area contributed by atoms with E-state index in [2.05, 4.69) is 20.9 Å². The van der Waals surface area contributed by atoms with Crippen LogP contribution in [0.1, 0.15) is 9.67 Å². The Kier molecular flexibility index (Phi) is 4.06. The highest BCUT2D eigenvalue weighted by atomic mass is 32.1. The molecule has 0 fully saturated rings. The number of nitrogens with two attached hydrogens (primary N) is 1. The number of hydrogen-bond acceptors (Lipinski definition) is 6. The van der Waals surface area contributed by atoms with Crippen LogP contribution in [0.25, 0.3) is 0 Å². The highest BCUT2D eigenvalue weighted by Crippen LogP contribution is 2.23. The van der Waals surface area contributed by atoms with Gasteiger partial charge in [0.2, 0.25) is 5.91 Å². The third-order valence-electron chi connectivity index (χ3n) is 1.76. The van der Waals surface area contributed by atoms with Gasteiger partial charge in [0.25, 0.3) is 5.91 Å². The zero-order valence-corrected chi connectivity index (χ0v) is 9.77. The molecule has 1 rings (SSSR count). The number of carbonyl (C=O) groups is 2. The van der Waals surface area contributed by atoms with Crippen molar-refractivity contribution < 1.29 is 9.59 Å². The Labute approximate surface area is 96.4 Å². The predicted molar refractivity (Wildman–Crippen MR) is 62.5 cm³/mol. The topological polar surface area (TPSA) is 109 Å². The third-order valence-corrected chi connectivity index (χ3v) is 2.85. The first-order valence-electron chi connectivity index (χ1n) is 4.51. The van der Waals surface area contributed by atoms with Crippen molar-refractivity contribution in [1.82, 2.24) is 15.6 Å². The molecule has 0 saturated carbocycles. The van der Waals surface area contributed by atoms with Crippen LogP contribution in [-0.2, 0) is 4.79 Å². The van der Waals surface area contributed by atoms with Gasteiger partial charge in [0.05, 0.1) is 6.54 Å². The van der Waals surface area contributed by atoms with Gasteiger partial charge in [0, 0.05) is 14.1 Å². The van der Waals surface area contributed by atoms with Crippen LogP contribution in [0.4, 0.5) is 10.9 Å². The molecule has 0 aliphatic carbocycles. The summed E-state index contributed by atoms with van der Waals surface area (Å²) < 4.78 is 0. The molecule has 16 heavy (non-hydrogen) atoms. The van der Waals surface area contributed by atoms with E-state index >= 15 is 0 Å². The highest BCUT2D eigenvalue weighted by molar-refractivity contribution is 7.18. The van der Waals surface area contributed by atoms with E-state index in [1.54, 1.807) is 7.05 Å². The number of nitrogens with zero attached hydrogens (tertiary/aromatic N) is 1. The minimum Gasteiger partial charge on any atom is -0.382 e. The van der Waals surface area contributed by atoms with Crippen LogP contribution in [0.2, 0.25) is 0 Å². The van der Waals surface area contributed by atoms with Crippen molar-refractivity contribution in [3.63, 3.8) is 0 Å². The van der Waals surface area contributed by atoms with E-state index in [0.717, 1.165) is 11.3 Å². The van der Waals surface area contributed by atoms with E-state index in [0.29, 0.717) is 10.0 Å². The summed E-state index contributed by atoms with van der Waals surface area (Å²) in [5.41, 5.74) is 5.55. The summed E-state index contributed by atoms with van der Waals surface area (Å²) in [6.45, 7) is -0.0818. The van der Waals surface area contributed by atoms with Crippen molar-refractivity contribution in [2.24, 2.45) is 0 Å². The molecule has 88 valence electrons. The number of nitrogen functional groups attached to an aromatic ring is 1. The lowest BCUT2D eigenvalue weighted by Crippen LogP contribution is -2.35. The fraction of sp³-hybridized carbons (Fsp3) is 0.375. The number of carbonyl (C=O) groups excluding carboxylic acids is 2. The van der Waals surface area contributed by atoms with Crippen molar-refractivity contribution >= 4 is 34.1 Å². The molecule has 0 bridgehead atoms. The van der Waals surface area contributed by atoms with Crippen molar-refractivity contribution in [3.8, 4) is 0 Å². The van der Waals surface area contributed by atoms with Gasteiger partial charge in [-0.1, -0.05) is 11.3 Å². The number of rotatable bonds is 4. The van der Waals surface area contributed by atoms with Crippen LogP contribution in [0.15, 0.2) is 0 Å². The van der Waals surface area contributed by atoms with Crippen LogP contribution in [0.5, 0.6) is 0 Å². The maximum absolute atomic E-state index is 11.6. The largest absolute Gasteiger partial charge is 0.382 e. The van der Waals surface area contributed by atoms with Crippen LogP contribution in [0.3, 0.4) is 0 Å². The Hall–Kier alpha value is -1.83. The molecule has 2 amide bonds. The van der Waals surface area contributed by atoms with E-state index in [1.165, 1.54) is 7.05 Å². The molecule has 0 aliphatic rings. The lowest BCUT2D eigenvalue weighted by Gasteiger charge is -2.01. The minimum atomic E-state index is -0.403. The normalized spacial score (nSPS) is 9.62. The lowest BCUT2D eigenvalue weighted by molar-refractivity contribution is -0.119. The average molecular weight is 243 g/mol. The van der Waals surface area contributed by atoms with Crippen molar-refractivity contribution in [1.29, 1.82) is 0 Å². The molecule has 8 heteroatoms. The van der Waals surface area contributed by atoms with Gasteiger partial charge in [0.1, 0.15) is 10.7 Å². The fourth-order valence-electron chi connectivity index (χ4n) is 0.931.